The first-order valence-electron chi connectivity index (χ1n) is 5.37. The molecule has 2 rings (SSSR count). The summed E-state index contributed by atoms with van der Waals surface area (Å²) in [6, 6.07) is 0. The van der Waals surface area contributed by atoms with Crippen molar-refractivity contribution in [3.63, 3.8) is 0 Å². The highest BCUT2D eigenvalue weighted by molar-refractivity contribution is 4.84. The van der Waals surface area contributed by atoms with Crippen molar-refractivity contribution < 1.29 is 13.5 Å². The van der Waals surface area contributed by atoms with Gasteiger partial charge in [0.25, 0.3) is 0 Å². The van der Waals surface area contributed by atoms with Gasteiger partial charge in [0.1, 0.15) is 0 Å². The molecule has 1 unspecified atom stereocenters. The van der Waals surface area contributed by atoms with Crippen LogP contribution in [0.15, 0.2) is 0 Å². The van der Waals surface area contributed by atoms with Crippen LogP contribution in [0.3, 0.4) is 0 Å². The van der Waals surface area contributed by atoms with Crippen molar-refractivity contribution in [1.29, 1.82) is 0 Å². The van der Waals surface area contributed by atoms with Crippen LogP contribution in [0.1, 0.15) is 25.7 Å². The normalized spacial score (nSPS) is 34.3. The van der Waals surface area contributed by atoms with Crippen molar-refractivity contribution in [2.45, 2.75) is 37.7 Å². The van der Waals surface area contributed by atoms with Crippen LogP contribution < -0.4 is 5.32 Å². The number of ether oxygens (including phenoxy) is 1. The Labute approximate surface area is 83.0 Å². The van der Waals surface area contributed by atoms with E-state index in [1.807, 2.05) is 0 Å². The second kappa shape index (κ2) is 4.11. The maximum Gasteiger partial charge on any atom is 0.248 e. The zero-order chi connectivity index (χ0) is 10.0. The molecule has 0 amide bonds. The zero-order valence-electron chi connectivity index (χ0n) is 8.27. The van der Waals surface area contributed by atoms with Gasteiger partial charge in [-0.3, -0.25) is 0 Å². The van der Waals surface area contributed by atoms with Gasteiger partial charge in [-0.15, -0.1) is 0 Å². The zero-order valence-corrected chi connectivity index (χ0v) is 8.27. The number of alkyl halides is 2. The lowest BCUT2D eigenvalue weighted by Crippen LogP contribution is -2.44. The van der Waals surface area contributed by atoms with Crippen molar-refractivity contribution in [3.8, 4) is 0 Å². The topological polar surface area (TPSA) is 21.3 Å². The fourth-order valence-corrected chi connectivity index (χ4v) is 2.32. The summed E-state index contributed by atoms with van der Waals surface area (Å²) in [7, 11) is 0. The molecule has 1 N–H and O–H groups in total. The fourth-order valence-electron chi connectivity index (χ4n) is 2.32. The highest BCUT2D eigenvalue weighted by Crippen LogP contribution is 2.38. The van der Waals surface area contributed by atoms with E-state index < -0.39 is 5.92 Å². The van der Waals surface area contributed by atoms with Crippen LogP contribution in [0.5, 0.6) is 0 Å². The molecule has 1 heterocycles. The number of halogens is 2. The average molecular weight is 205 g/mol. The maximum atomic E-state index is 12.9. The summed E-state index contributed by atoms with van der Waals surface area (Å²) in [6.07, 6.45) is 1.47. The minimum absolute atomic E-state index is 0.0392. The van der Waals surface area contributed by atoms with Gasteiger partial charge in [0.15, 0.2) is 0 Å². The molecular formula is C10H17F2NO. The lowest BCUT2D eigenvalue weighted by Gasteiger charge is -2.35. The predicted octanol–water partition coefficient (Wildman–Crippen LogP) is 1.80. The minimum Gasteiger partial charge on any atom is -0.375 e. The molecule has 1 saturated heterocycles. The summed E-state index contributed by atoms with van der Waals surface area (Å²) < 4.78 is 31.4. The molecule has 1 saturated carbocycles. The standard InChI is InChI=1S/C10H17F2NO/c11-10(12)3-1-8(2-4-10)9-7-13-5-6-14-9/h8-9,13H,1-7H2. The number of nitrogens with one attached hydrogen (secondary N) is 1. The van der Waals surface area contributed by atoms with Crippen LogP contribution in [0.4, 0.5) is 8.78 Å². The molecule has 82 valence electrons. The molecule has 0 aromatic carbocycles. The van der Waals surface area contributed by atoms with Gasteiger partial charge in [0.05, 0.1) is 12.7 Å². The largest absolute Gasteiger partial charge is 0.375 e. The van der Waals surface area contributed by atoms with Crippen LogP contribution in [0, 0.1) is 5.92 Å². The van der Waals surface area contributed by atoms with Crippen LogP contribution in [-0.2, 0) is 4.74 Å². The van der Waals surface area contributed by atoms with Crippen molar-refractivity contribution >= 4 is 0 Å². The maximum absolute atomic E-state index is 12.9. The van der Waals surface area contributed by atoms with Crippen molar-refractivity contribution in [2.24, 2.45) is 5.92 Å². The molecule has 1 aliphatic carbocycles. The smallest absolute Gasteiger partial charge is 0.248 e. The Morgan fingerprint density at radius 1 is 1.21 bits per heavy atom. The summed E-state index contributed by atoms with van der Waals surface area (Å²) >= 11 is 0. The van der Waals surface area contributed by atoms with E-state index in [2.05, 4.69) is 5.32 Å². The van der Waals surface area contributed by atoms with E-state index in [0.717, 1.165) is 19.7 Å². The first-order valence-corrected chi connectivity index (χ1v) is 5.37. The molecule has 0 aromatic rings. The second-order valence-electron chi connectivity index (χ2n) is 4.31. The minimum atomic E-state index is -2.42. The number of rotatable bonds is 1. The summed E-state index contributed by atoms with van der Waals surface area (Å²) in [6.45, 7) is 2.44. The monoisotopic (exact) mass is 205 g/mol. The van der Waals surface area contributed by atoms with Gasteiger partial charge in [-0.05, 0) is 18.8 Å². The highest BCUT2D eigenvalue weighted by atomic mass is 19.3. The molecule has 4 heteroatoms. The van der Waals surface area contributed by atoms with E-state index in [1.165, 1.54) is 0 Å². The summed E-state index contributed by atoms with van der Waals surface area (Å²) in [5.74, 6) is -2.08. The van der Waals surface area contributed by atoms with E-state index in [0.29, 0.717) is 18.8 Å². The Morgan fingerprint density at radius 3 is 2.50 bits per heavy atom. The molecule has 1 atom stereocenters. The predicted molar refractivity (Wildman–Crippen MR) is 49.5 cm³/mol. The van der Waals surface area contributed by atoms with Crippen molar-refractivity contribution in [1.82, 2.24) is 5.32 Å². The Hall–Kier alpha value is -0.220. The lowest BCUT2D eigenvalue weighted by atomic mass is 9.83. The molecular weight excluding hydrogens is 188 g/mol. The van der Waals surface area contributed by atoms with E-state index >= 15 is 0 Å². The summed E-state index contributed by atoms with van der Waals surface area (Å²) in [4.78, 5) is 0. The molecule has 0 radical (unpaired) electrons. The molecule has 0 bridgehead atoms. The third-order valence-corrected chi connectivity index (χ3v) is 3.24. The summed E-state index contributed by atoms with van der Waals surface area (Å²) in [5.41, 5.74) is 0. The van der Waals surface area contributed by atoms with E-state index in [-0.39, 0.29) is 18.9 Å². The van der Waals surface area contributed by atoms with Gasteiger partial charge in [-0.1, -0.05) is 0 Å². The average Bonchev–Trinajstić information content (AvgIpc) is 2.19. The molecule has 2 fully saturated rings. The Balaban J connectivity index is 1.82. The molecule has 2 nitrogen and oxygen atoms in total. The van der Waals surface area contributed by atoms with E-state index in [9.17, 15) is 8.78 Å². The van der Waals surface area contributed by atoms with Gasteiger partial charge in [0, 0.05) is 25.9 Å². The molecule has 0 aromatic heterocycles. The first kappa shape index (κ1) is 10.3. The van der Waals surface area contributed by atoms with Crippen LogP contribution in [0.2, 0.25) is 0 Å². The van der Waals surface area contributed by atoms with E-state index in [4.69, 9.17) is 4.74 Å². The Morgan fingerprint density at radius 2 is 1.93 bits per heavy atom. The van der Waals surface area contributed by atoms with Gasteiger partial charge < -0.3 is 10.1 Å². The third-order valence-electron chi connectivity index (χ3n) is 3.24. The molecule has 2 aliphatic rings. The molecule has 0 spiro atoms. The van der Waals surface area contributed by atoms with Gasteiger partial charge >= 0.3 is 0 Å². The third kappa shape index (κ3) is 2.42. The first-order chi connectivity index (χ1) is 6.67. The van der Waals surface area contributed by atoms with Crippen LogP contribution in [-0.4, -0.2) is 31.7 Å². The Bertz CT molecular complexity index is 183. The fraction of sp³-hybridized carbons (Fsp3) is 1.00. The van der Waals surface area contributed by atoms with Crippen LogP contribution in [0.25, 0.3) is 0 Å². The Kier molecular flexibility index (Phi) is 3.02. The van der Waals surface area contributed by atoms with Crippen molar-refractivity contribution in [3.05, 3.63) is 0 Å². The number of hydrogen-bond acceptors (Lipinski definition) is 2. The lowest BCUT2D eigenvalue weighted by molar-refractivity contribution is -0.0804. The van der Waals surface area contributed by atoms with Gasteiger partial charge in [-0.2, -0.15) is 0 Å². The van der Waals surface area contributed by atoms with Gasteiger partial charge in [-0.25, -0.2) is 8.78 Å². The second-order valence-corrected chi connectivity index (χ2v) is 4.31. The molecule has 1 aliphatic heterocycles. The number of morpholine rings is 1. The van der Waals surface area contributed by atoms with Crippen molar-refractivity contribution in [2.75, 3.05) is 19.7 Å². The SMILES string of the molecule is FC1(F)CCC(C2CNCCO2)CC1. The van der Waals surface area contributed by atoms with Gasteiger partial charge in [0.2, 0.25) is 5.92 Å². The van der Waals surface area contributed by atoms with Crippen LogP contribution >= 0.6 is 0 Å². The van der Waals surface area contributed by atoms with E-state index in [1.54, 1.807) is 0 Å². The summed E-state index contributed by atoms with van der Waals surface area (Å²) in [5, 5.41) is 3.24. The molecule has 14 heavy (non-hydrogen) atoms. The quantitative estimate of drug-likeness (QED) is 0.704. The number of hydrogen-bond donors (Lipinski definition) is 1. The highest BCUT2D eigenvalue weighted by Gasteiger charge is 2.38.